The Balaban J connectivity index is 2.57. The number of carbonyl (C=O) groups is 1. The van der Waals surface area contributed by atoms with E-state index in [0.29, 0.717) is 33.4 Å². The normalized spacial score (nSPS) is 11.9. The highest BCUT2D eigenvalue weighted by atomic mass is 28.3. The molecule has 0 unspecified atom stereocenters. The Hall–Kier alpha value is -2.91. The van der Waals surface area contributed by atoms with Crippen LogP contribution in [-0.4, -0.2) is 30.5 Å². The highest BCUT2D eigenvalue weighted by molar-refractivity contribution is 6.90. The lowest BCUT2D eigenvalue weighted by molar-refractivity contribution is 0.0636. The Morgan fingerprint density at radius 3 is 2.06 bits per heavy atom. The summed E-state index contributed by atoms with van der Waals surface area (Å²) in [5.74, 6) is 3.45. The number of anilines is 1. The molecule has 1 aromatic carbocycles. The summed E-state index contributed by atoms with van der Waals surface area (Å²) in [6, 6.07) is 9.17. The van der Waals surface area contributed by atoms with E-state index in [1.807, 2.05) is 39.0 Å². The minimum atomic E-state index is -1.90. The zero-order chi connectivity index (χ0) is 25.7. The highest BCUT2D eigenvalue weighted by Gasteiger charge is 2.41. The molecular formula is C28H39N3O2Si. The number of pyridine rings is 1. The molecule has 2 N–H and O–H groups in total. The van der Waals surface area contributed by atoms with E-state index in [2.05, 4.69) is 63.3 Å². The molecule has 0 saturated heterocycles. The second-order valence-corrected chi connectivity index (χ2v) is 16.2. The van der Waals surface area contributed by atoms with Crippen LogP contribution in [0.5, 0.6) is 0 Å². The van der Waals surface area contributed by atoms with Gasteiger partial charge in [0, 0.05) is 29.1 Å². The predicted molar refractivity (Wildman–Crippen MR) is 144 cm³/mol. The van der Waals surface area contributed by atoms with Gasteiger partial charge in [-0.25, -0.2) is 4.79 Å². The van der Waals surface area contributed by atoms with Crippen molar-refractivity contribution in [1.82, 2.24) is 4.98 Å². The van der Waals surface area contributed by atoms with Crippen LogP contribution < -0.4 is 5.32 Å². The molecule has 34 heavy (non-hydrogen) atoms. The molecule has 2 aromatic rings. The fourth-order valence-electron chi connectivity index (χ4n) is 4.64. The van der Waals surface area contributed by atoms with Crippen LogP contribution in [-0.2, 0) is 4.74 Å². The molecule has 182 valence electrons. The first-order valence-corrected chi connectivity index (χ1v) is 14.2. The van der Waals surface area contributed by atoms with Gasteiger partial charge in [0.25, 0.3) is 0 Å². The van der Waals surface area contributed by atoms with E-state index < -0.39 is 19.8 Å². The molecule has 0 radical (unpaired) electrons. The Bertz CT molecular complexity index is 1050. The summed E-state index contributed by atoms with van der Waals surface area (Å²) in [4.78, 5) is 16.5. The Morgan fingerprint density at radius 2 is 1.56 bits per heavy atom. The van der Waals surface area contributed by atoms with Crippen molar-refractivity contribution >= 4 is 25.6 Å². The van der Waals surface area contributed by atoms with E-state index >= 15 is 0 Å². The molecule has 0 fully saturated rings. The fraction of sp³-hybridized carbons (Fsp3) is 0.464. The average Bonchev–Trinajstić information content (AvgIpc) is 2.73. The zero-order valence-electron chi connectivity index (χ0n) is 22.0. The molecule has 0 aliphatic heterocycles. The van der Waals surface area contributed by atoms with Crippen LogP contribution in [0.4, 0.5) is 10.5 Å². The molecule has 0 bridgehead atoms. The van der Waals surface area contributed by atoms with Crippen molar-refractivity contribution in [1.29, 1.82) is 5.41 Å². The maximum Gasteiger partial charge on any atom is 0.412 e. The van der Waals surface area contributed by atoms with E-state index in [4.69, 9.17) is 10.1 Å². The summed E-state index contributed by atoms with van der Waals surface area (Å²) >= 11 is 0. The van der Waals surface area contributed by atoms with Crippen LogP contribution >= 0.6 is 0 Å². The lowest BCUT2D eigenvalue weighted by atomic mass is 9.99. The van der Waals surface area contributed by atoms with Gasteiger partial charge in [0.2, 0.25) is 0 Å². The molecule has 1 aromatic heterocycles. The summed E-state index contributed by atoms with van der Waals surface area (Å²) in [6.07, 6.45) is 2.76. The number of amides is 1. The van der Waals surface area contributed by atoms with Crippen LogP contribution in [0.2, 0.25) is 16.6 Å². The van der Waals surface area contributed by atoms with E-state index in [-0.39, 0.29) is 5.71 Å². The Kier molecular flexibility index (Phi) is 8.85. The molecular weight excluding hydrogens is 438 g/mol. The molecule has 0 saturated carbocycles. The first-order chi connectivity index (χ1) is 15.8. The monoisotopic (exact) mass is 477 g/mol. The average molecular weight is 478 g/mol. The van der Waals surface area contributed by atoms with Gasteiger partial charge in [-0.3, -0.25) is 15.7 Å². The van der Waals surface area contributed by atoms with Crippen LogP contribution in [0, 0.1) is 16.9 Å². The maximum absolute atomic E-state index is 12.5. The van der Waals surface area contributed by atoms with Crippen LogP contribution in [0.25, 0.3) is 0 Å². The molecule has 0 aliphatic rings. The fourth-order valence-corrected chi connectivity index (χ4v) is 9.87. The molecule has 1 heterocycles. The summed E-state index contributed by atoms with van der Waals surface area (Å²) in [6.45, 7) is 19.2. The van der Waals surface area contributed by atoms with Crippen LogP contribution in [0.15, 0.2) is 42.7 Å². The highest BCUT2D eigenvalue weighted by Crippen LogP contribution is 2.40. The van der Waals surface area contributed by atoms with Crippen LogP contribution in [0.1, 0.15) is 79.0 Å². The standard InChI is InChI=1S/C28H39N3O2Si/c1-19(2)34(20(3)4,21(5)6)17-14-22-10-11-25(31-27(32)33-28(7,8)9)24(18-22)26(29)23-12-15-30-16-13-23/h10-13,15-16,18-21,29H,1-9H3,(H,31,32). The summed E-state index contributed by atoms with van der Waals surface area (Å²) in [5.41, 5.74) is 7.66. The second kappa shape index (κ2) is 11.0. The molecule has 0 spiro atoms. The topological polar surface area (TPSA) is 75.1 Å². The third-order valence-electron chi connectivity index (χ3n) is 6.18. The van der Waals surface area contributed by atoms with E-state index in [0.717, 1.165) is 5.56 Å². The summed E-state index contributed by atoms with van der Waals surface area (Å²) in [7, 11) is -1.90. The van der Waals surface area contributed by atoms with Crippen molar-refractivity contribution in [2.75, 3.05) is 5.32 Å². The Labute approximate surface area is 206 Å². The lowest BCUT2D eigenvalue weighted by Crippen LogP contribution is -2.43. The number of benzene rings is 1. The molecule has 1 amide bonds. The largest absolute Gasteiger partial charge is 0.444 e. The molecule has 2 rings (SSSR count). The zero-order valence-corrected chi connectivity index (χ0v) is 23.0. The van der Waals surface area contributed by atoms with Gasteiger partial charge >= 0.3 is 6.09 Å². The van der Waals surface area contributed by atoms with Gasteiger partial charge in [0.1, 0.15) is 13.7 Å². The van der Waals surface area contributed by atoms with Crippen molar-refractivity contribution in [2.45, 2.75) is 84.5 Å². The number of hydrogen-bond acceptors (Lipinski definition) is 4. The predicted octanol–water partition coefficient (Wildman–Crippen LogP) is 7.41. The number of ether oxygens (including phenoxy) is 1. The van der Waals surface area contributed by atoms with Crippen molar-refractivity contribution in [3.05, 3.63) is 59.4 Å². The van der Waals surface area contributed by atoms with Gasteiger partial charge in [-0.15, -0.1) is 5.54 Å². The minimum Gasteiger partial charge on any atom is -0.444 e. The van der Waals surface area contributed by atoms with Crippen molar-refractivity contribution in [3.8, 4) is 11.5 Å². The van der Waals surface area contributed by atoms with E-state index in [1.165, 1.54) is 0 Å². The summed E-state index contributed by atoms with van der Waals surface area (Å²) < 4.78 is 5.43. The van der Waals surface area contributed by atoms with Crippen molar-refractivity contribution < 1.29 is 9.53 Å². The first kappa shape index (κ1) is 27.3. The smallest absolute Gasteiger partial charge is 0.412 e. The number of nitrogens with one attached hydrogen (secondary N) is 2. The van der Waals surface area contributed by atoms with Crippen molar-refractivity contribution in [2.24, 2.45) is 0 Å². The van der Waals surface area contributed by atoms with Gasteiger partial charge in [-0.05, 0) is 67.7 Å². The third-order valence-corrected chi connectivity index (χ3v) is 12.5. The first-order valence-electron chi connectivity index (χ1n) is 11.9. The summed E-state index contributed by atoms with van der Waals surface area (Å²) in [5, 5.41) is 11.6. The van der Waals surface area contributed by atoms with Gasteiger partial charge in [-0.2, -0.15) is 0 Å². The quantitative estimate of drug-likeness (QED) is 0.258. The van der Waals surface area contributed by atoms with Gasteiger partial charge in [0.15, 0.2) is 0 Å². The number of nitrogens with zero attached hydrogens (tertiary/aromatic N) is 1. The Morgan fingerprint density at radius 1 is 1.00 bits per heavy atom. The maximum atomic E-state index is 12.5. The van der Waals surface area contributed by atoms with E-state index in [1.54, 1.807) is 24.5 Å². The van der Waals surface area contributed by atoms with Gasteiger partial charge in [-0.1, -0.05) is 47.5 Å². The number of rotatable bonds is 6. The van der Waals surface area contributed by atoms with Crippen LogP contribution in [0.3, 0.4) is 0 Å². The molecule has 5 nitrogen and oxygen atoms in total. The van der Waals surface area contributed by atoms with Gasteiger partial charge < -0.3 is 4.74 Å². The molecule has 0 atom stereocenters. The van der Waals surface area contributed by atoms with E-state index in [9.17, 15) is 4.79 Å². The minimum absolute atomic E-state index is 0.289. The number of carbonyl (C=O) groups excluding carboxylic acids is 1. The van der Waals surface area contributed by atoms with Gasteiger partial charge in [0.05, 0.1) is 11.4 Å². The molecule has 6 heteroatoms. The van der Waals surface area contributed by atoms with Crippen molar-refractivity contribution in [3.63, 3.8) is 0 Å². The SMILES string of the molecule is CC(C)[Si](C#Cc1ccc(NC(=O)OC(C)(C)C)c(C(=N)c2ccncc2)c1)(C(C)C)C(C)C. The lowest BCUT2D eigenvalue weighted by Gasteiger charge is -2.38. The molecule has 0 aliphatic carbocycles. The second-order valence-electron chi connectivity index (χ2n) is 10.6. The number of aromatic nitrogens is 1. The number of hydrogen-bond donors (Lipinski definition) is 2. The third kappa shape index (κ3) is 6.57.